The van der Waals surface area contributed by atoms with E-state index in [1.807, 2.05) is 0 Å². The van der Waals surface area contributed by atoms with Crippen LogP contribution in [0.3, 0.4) is 0 Å². The van der Waals surface area contributed by atoms with E-state index in [4.69, 9.17) is 4.74 Å². The van der Waals surface area contributed by atoms with Crippen LogP contribution in [0, 0.1) is 0 Å². The third-order valence-corrected chi connectivity index (χ3v) is 2.08. The zero-order valence-electron chi connectivity index (χ0n) is 4.94. The van der Waals surface area contributed by atoms with Gasteiger partial charge < -0.3 is 4.74 Å². The van der Waals surface area contributed by atoms with Crippen molar-refractivity contribution >= 4 is 0 Å². The van der Waals surface area contributed by atoms with Crippen molar-refractivity contribution < 1.29 is 4.74 Å². The fourth-order valence-electron chi connectivity index (χ4n) is 1.44. The first-order valence-electron chi connectivity index (χ1n) is 3.30. The number of hydrogen-bond acceptors (Lipinski definition) is 2. The van der Waals surface area contributed by atoms with E-state index in [2.05, 4.69) is 5.32 Å². The highest BCUT2D eigenvalue weighted by Crippen LogP contribution is 2.30. The zero-order valence-corrected chi connectivity index (χ0v) is 4.94. The minimum Gasteiger partial charge on any atom is -0.361 e. The molecule has 1 atom stereocenters. The van der Waals surface area contributed by atoms with Gasteiger partial charge in [0.25, 0.3) is 0 Å². The predicted molar refractivity (Wildman–Crippen MR) is 30.5 cm³/mol. The molecular weight excluding hydrogens is 102 g/mol. The summed E-state index contributed by atoms with van der Waals surface area (Å²) in [6.45, 7) is 2.12. The van der Waals surface area contributed by atoms with Crippen LogP contribution < -0.4 is 5.32 Å². The van der Waals surface area contributed by atoms with Crippen LogP contribution in [0.4, 0.5) is 0 Å². The Morgan fingerprint density at radius 1 is 1.38 bits per heavy atom. The Labute approximate surface area is 49.2 Å². The molecule has 2 aliphatic heterocycles. The van der Waals surface area contributed by atoms with Crippen molar-refractivity contribution in [2.45, 2.75) is 25.0 Å². The first-order chi connectivity index (χ1) is 3.91. The second kappa shape index (κ2) is 1.45. The van der Waals surface area contributed by atoms with Crippen LogP contribution in [0.25, 0.3) is 0 Å². The topological polar surface area (TPSA) is 21.3 Å². The summed E-state index contributed by atoms with van der Waals surface area (Å²) in [7, 11) is 0. The Bertz CT molecular complexity index is 90.7. The molecular formula is C6H11NO. The highest BCUT2D eigenvalue weighted by atomic mass is 16.5. The summed E-state index contributed by atoms with van der Waals surface area (Å²) in [5.74, 6) is 0. The molecule has 1 N–H and O–H groups in total. The lowest BCUT2D eigenvalue weighted by molar-refractivity contribution is -0.0747. The van der Waals surface area contributed by atoms with Gasteiger partial charge in [-0.25, -0.2) is 0 Å². The van der Waals surface area contributed by atoms with Crippen molar-refractivity contribution in [1.29, 1.82) is 0 Å². The van der Waals surface area contributed by atoms with E-state index < -0.39 is 0 Å². The van der Waals surface area contributed by atoms with Crippen LogP contribution in [-0.2, 0) is 4.74 Å². The molecule has 1 spiro atoms. The van der Waals surface area contributed by atoms with Gasteiger partial charge in [0.1, 0.15) is 5.72 Å². The van der Waals surface area contributed by atoms with Crippen LogP contribution in [0.2, 0.25) is 0 Å². The lowest BCUT2D eigenvalue weighted by Gasteiger charge is -2.38. The summed E-state index contributed by atoms with van der Waals surface area (Å²) in [5.41, 5.74) is 0.167. The standard InChI is InChI=1S/C6H11NO/c1-2-6(8-5-1)3-4-7-6/h7H,1-5H2. The largest absolute Gasteiger partial charge is 0.361 e. The third-order valence-electron chi connectivity index (χ3n) is 2.08. The van der Waals surface area contributed by atoms with E-state index in [-0.39, 0.29) is 5.72 Å². The molecule has 2 fully saturated rings. The van der Waals surface area contributed by atoms with Crippen LogP contribution >= 0.6 is 0 Å². The van der Waals surface area contributed by atoms with Gasteiger partial charge in [0.05, 0.1) is 0 Å². The van der Waals surface area contributed by atoms with Gasteiger partial charge in [-0.2, -0.15) is 0 Å². The molecule has 2 saturated heterocycles. The molecule has 0 amide bonds. The third kappa shape index (κ3) is 0.501. The van der Waals surface area contributed by atoms with E-state index >= 15 is 0 Å². The molecule has 2 heterocycles. The Morgan fingerprint density at radius 2 is 2.25 bits per heavy atom. The van der Waals surface area contributed by atoms with Gasteiger partial charge in [0.15, 0.2) is 0 Å². The average molecular weight is 113 g/mol. The van der Waals surface area contributed by atoms with Crippen LogP contribution in [0.1, 0.15) is 19.3 Å². The lowest BCUT2D eigenvalue weighted by atomic mass is 9.99. The number of rotatable bonds is 0. The van der Waals surface area contributed by atoms with Crippen molar-refractivity contribution in [3.8, 4) is 0 Å². The zero-order chi connectivity index (χ0) is 5.45. The van der Waals surface area contributed by atoms with Gasteiger partial charge in [-0.1, -0.05) is 0 Å². The highest BCUT2D eigenvalue weighted by Gasteiger charge is 2.40. The average Bonchev–Trinajstić information content (AvgIpc) is 2.07. The van der Waals surface area contributed by atoms with Crippen molar-refractivity contribution in [1.82, 2.24) is 5.32 Å². The van der Waals surface area contributed by atoms with Crippen LogP contribution in [0.5, 0.6) is 0 Å². The van der Waals surface area contributed by atoms with Crippen molar-refractivity contribution in [3.05, 3.63) is 0 Å². The molecule has 0 saturated carbocycles. The van der Waals surface area contributed by atoms with E-state index in [0.717, 1.165) is 13.2 Å². The molecule has 2 heteroatoms. The van der Waals surface area contributed by atoms with E-state index in [1.54, 1.807) is 0 Å². The Balaban J connectivity index is 2.01. The van der Waals surface area contributed by atoms with Crippen molar-refractivity contribution in [2.75, 3.05) is 13.2 Å². The fraction of sp³-hybridized carbons (Fsp3) is 1.00. The molecule has 2 nitrogen and oxygen atoms in total. The molecule has 0 radical (unpaired) electrons. The normalized spacial score (nSPS) is 45.0. The van der Waals surface area contributed by atoms with Crippen LogP contribution in [-0.4, -0.2) is 18.9 Å². The molecule has 1 unspecified atom stereocenters. The summed E-state index contributed by atoms with van der Waals surface area (Å²) in [6.07, 6.45) is 3.70. The quantitative estimate of drug-likeness (QED) is 0.493. The minimum atomic E-state index is 0.167. The number of hydrogen-bond donors (Lipinski definition) is 1. The minimum absolute atomic E-state index is 0.167. The van der Waals surface area contributed by atoms with Gasteiger partial charge >= 0.3 is 0 Å². The van der Waals surface area contributed by atoms with Crippen LogP contribution in [0.15, 0.2) is 0 Å². The maximum atomic E-state index is 5.47. The predicted octanol–water partition coefficient (Wildman–Crippen LogP) is 0.486. The van der Waals surface area contributed by atoms with E-state index in [9.17, 15) is 0 Å². The molecule has 8 heavy (non-hydrogen) atoms. The first-order valence-corrected chi connectivity index (χ1v) is 3.30. The molecule has 0 aliphatic carbocycles. The van der Waals surface area contributed by atoms with E-state index in [0.29, 0.717) is 0 Å². The van der Waals surface area contributed by atoms with Gasteiger partial charge in [0.2, 0.25) is 0 Å². The second-order valence-corrected chi connectivity index (χ2v) is 2.62. The number of ether oxygens (including phenoxy) is 1. The summed E-state index contributed by atoms with van der Waals surface area (Å²) >= 11 is 0. The molecule has 46 valence electrons. The Hall–Kier alpha value is -0.0800. The summed E-state index contributed by atoms with van der Waals surface area (Å²) in [6, 6.07) is 0. The monoisotopic (exact) mass is 113 g/mol. The maximum absolute atomic E-state index is 5.47. The van der Waals surface area contributed by atoms with Gasteiger partial charge in [-0.15, -0.1) is 0 Å². The first kappa shape index (κ1) is 4.77. The Morgan fingerprint density at radius 3 is 2.50 bits per heavy atom. The fourth-order valence-corrected chi connectivity index (χ4v) is 1.44. The molecule has 2 aliphatic rings. The molecule has 2 rings (SSSR count). The summed E-state index contributed by atoms with van der Waals surface area (Å²) in [5, 5.41) is 3.30. The molecule has 0 bridgehead atoms. The van der Waals surface area contributed by atoms with Crippen molar-refractivity contribution in [3.63, 3.8) is 0 Å². The maximum Gasteiger partial charge on any atom is 0.120 e. The molecule has 0 aromatic carbocycles. The Kier molecular flexibility index (Phi) is 0.866. The SMILES string of the molecule is C1COC2(C1)CCN2. The molecule has 0 aromatic rings. The summed E-state index contributed by atoms with van der Waals surface area (Å²) in [4.78, 5) is 0. The van der Waals surface area contributed by atoms with Gasteiger partial charge in [-0.3, -0.25) is 5.32 Å². The number of nitrogens with one attached hydrogen (secondary N) is 1. The molecule has 0 aromatic heterocycles. The lowest BCUT2D eigenvalue weighted by Crippen LogP contribution is -2.56. The van der Waals surface area contributed by atoms with Crippen molar-refractivity contribution in [2.24, 2.45) is 0 Å². The second-order valence-electron chi connectivity index (χ2n) is 2.62. The highest BCUT2D eigenvalue weighted by molar-refractivity contribution is 4.90. The summed E-state index contributed by atoms with van der Waals surface area (Å²) < 4.78 is 5.47. The smallest absolute Gasteiger partial charge is 0.120 e. The van der Waals surface area contributed by atoms with E-state index in [1.165, 1.54) is 19.3 Å². The van der Waals surface area contributed by atoms with Gasteiger partial charge in [0, 0.05) is 19.6 Å². The van der Waals surface area contributed by atoms with Gasteiger partial charge in [-0.05, 0) is 12.8 Å².